The summed E-state index contributed by atoms with van der Waals surface area (Å²) >= 11 is 0. The van der Waals surface area contributed by atoms with E-state index in [1.807, 2.05) is 0 Å². The molecular weight excluding hydrogens is 236 g/mol. The minimum absolute atomic E-state index is 0.320. The molecule has 0 spiro atoms. The third-order valence-electron chi connectivity index (χ3n) is 2.72. The van der Waals surface area contributed by atoms with Crippen molar-refractivity contribution in [1.29, 1.82) is 0 Å². The lowest BCUT2D eigenvalue weighted by molar-refractivity contribution is -0.140. The summed E-state index contributed by atoms with van der Waals surface area (Å²) in [5, 5.41) is 6.16. The summed E-state index contributed by atoms with van der Waals surface area (Å²) in [6, 6.07) is 3.33. The molecule has 6 heteroatoms. The molecule has 2 N–H and O–H groups in total. The van der Waals surface area contributed by atoms with Crippen LogP contribution in [0.25, 0.3) is 0 Å². The first-order chi connectivity index (χ1) is 7.97. The smallest absolute Gasteiger partial charge is 0.314 e. The van der Waals surface area contributed by atoms with Crippen molar-refractivity contribution in [2.24, 2.45) is 0 Å². The topological polar surface area (TPSA) is 24.1 Å². The average Bonchev–Trinajstić information content (AvgIpc) is 2.13. The zero-order valence-electron chi connectivity index (χ0n) is 8.94. The molecule has 0 radical (unpaired) electrons. The summed E-state index contributed by atoms with van der Waals surface area (Å²) in [4.78, 5) is 0. The van der Waals surface area contributed by atoms with Crippen molar-refractivity contribution in [3.8, 4) is 0 Å². The molecule has 1 fully saturated rings. The lowest BCUT2D eigenvalue weighted by atomic mass is 10.1. The van der Waals surface area contributed by atoms with Crippen LogP contribution in [0, 0.1) is 5.82 Å². The van der Waals surface area contributed by atoms with E-state index in [4.69, 9.17) is 0 Å². The summed E-state index contributed by atoms with van der Waals surface area (Å²) in [6.45, 7) is 2.05. The molecule has 0 amide bonds. The Kier molecular flexibility index (Phi) is 3.35. The van der Waals surface area contributed by atoms with Gasteiger partial charge in [0.15, 0.2) is 0 Å². The van der Waals surface area contributed by atoms with Gasteiger partial charge in [0.25, 0.3) is 0 Å². The minimum Gasteiger partial charge on any atom is -0.314 e. The van der Waals surface area contributed by atoms with E-state index in [1.165, 1.54) is 6.07 Å². The highest BCUT2D eigenvalue weighted by Gasteiger charge is 2.33. The molecule has 0 aromatic heterocycles. The average molecular weight is 248 g/mol. The van der Waals surface area contributed by atoms with Gasteiger partial charge < -0.3 is 10.6 Å². The highest BCUT2D eigenvalue weighted by Crippen LogP contribution is 2.31. The van der Waals surface area contributed by atoms with Crippen molar-refractivity contribution >= 4 is 0 Å². The van der Waals surface area contributed by atoms with Crippen LogP contribution in [0.1, 0.15) is 11.1 Å². The Bertz CT molecular complexity index is 399. The maximum atomic E-state index is 13.2. The van der Waals surface area contributed by atoms with E-state index in [1.54, 1.807) is 0 Å². The summed E-state index contributed by atoms with van der Waals surface area (Å²) in [7, 11) is 0. The molecule has 1 heterocycles. The number of alkyl halides is 3. The second-order valence-electron chi connectivity index (χ2n) is 4.05. The van der Waals surface area contributed by atoms with Crippen molar-refractivity contribution in [3.05, 3.63) is 35.1 Å². The Balaban J connectivity index is 2.02. The van der Waals surface area contributed by atoms with Gasteiger partial charge in [0.1, 0.15) is 5.82 Å². The van der Waals surface area contributed by atoms with E-state index < -0.39 is 17.6 Å². The molecule has 1 aliphatic heterocycles. The number of hydrogen-bond acceptors (Lipinski definition) is 2. The Morgan fingerprint density at radius 1 is 1.29 bits per heavy atom. The van der Waals surface area contributed by atoms with E-state index in [0.717, 1.165) is 25.2 Å². The van der Waals surface area contributed by atoms with Gasteiger partial charge >= 0.3 is 6.18 Å². The van der Waals surface area contributed by atoms with Gasteiger partial charge in [-0.25, -0.2) is 4.39 Å². The van der Waals surface area contributed by atoms with Crippen LogP contribution >= 0.6 is 0 Å². The molecule has 1 aliphatic rings. The van der Waals surface area contributed by atoms with Crippen LogP contribution in [0.3, 0.4) is 0 Å². The standard InChI is InChI=1S/C11H12F4N2/c12-10-3-7(4-17-8-5-16-6-8)1-2-9(10)11(13,14)15/h1-3,8,16-17H,4-6H2. The second-order valence-corrected chi connectivity index (χ2v) is 4.05. The van der Waals surface area contributed by atoms with Gasteiger partial charge in [-0.2, -0.15) is 13.2 Å². The molecular formula is C11H12F4N2. The van der Waals surface area contributed by atoms with E-state index in [2.05, 4.69) is 10.6 Å². The van der Waals surface area contributed by atoms with Crippen molar-refractivity contribution in [1.82, 2.24) is 10.6 Å². The van der Waals surface area contributed by atoms with Gasteiger partial charge in [-0.3, -0.25) is 0 Å². The Morgan fingerprint density at radius 2 is 2.00 bits per heavy atom. The molecule has 1 aromatic rings. The van der Waals surface area contributed by atoms with Gasteiger partial charge in [0, 0.05) is 25.7 Å². The molecule has 0 bridgehead atoms. The third kappa shape index (κ3) is 2.95. The van der Waals surface area contributed by atoms with Crippen LogP contribution in [0.2, 0.25) is 0 Å². The van der Waals surface area contributed by atoms with Gasteiger partial charge in [-0.05, 0) is 17.7 Å². The largest absolute Gasteiger partial charge is 0.419 e. The predicted molar refractivity (Wildman–Crippen MR) is 54.9 cm³/mol. The number of halogens is 4. The predicted octanol–water partition coefficient (Wildman–Crippen LogP) is 1.91. The lowest BCUT2D eigenvalue weighted by Crippen LogP contribution is -2.54. The molecule has 1 saturated heterocycles. The molecule has 94 valence electrons. The fourth-order valence-electron chi connectivity index (χ4n) is 1.59. The summed E-state index contributed by atoms with van der Waals surface area (Å²) in [6.07, 6.45) is -4.63. The first-order valence-corrected chi connectivity index (χ1v) is 5.26. The number of hydrogen-bond donors (Lipinski definition) is 2. The van der Waals surface area contributed by atoms with Crippen molar-refractivity contribution < 1.29 is 17.6 Å². The first kappa shape index (κ1) is 12.3. The second kappa shape index (κ2) is 4.62. The zero-order valence-corrected chi connectivity index (χ0v) is 8.94. The zero-order chi connectivity index (χ0) is 12.5. The molecule has 17 heavy (non-hydrogen) atoms. The summed E-state index contributed by atoms with van der Waals surface area (Å²) in [5.74, 6) is -1.22. The fourth-order valence-corrected chi connectivity index (χ4v) is 1.59. The van der Waals surface area contributed by atoms with Gasteiger partial charge in [-0.15, -0.1) is 0 Å². The highest BCUT2D eigenvalue weighted by molar-refractivity contribution is 5.26. The van der Waals surface area contributed by atoms with Crippen LogP contribution < -0.4 is 10.6 Å². The van der Waals surface area contributed by atoms with Gasteiger partial charge in [0.2, 0.25) is 0 Å². The monoisotopic (exact) mass is 248 g/mol. The van der Waals surface area contributed by atoms with Crippen LogP contribution in [-0.4, -0.2) is 19.1 Å². The van der Waals surface area contributed by atoms with Crippen LogP contribution in [0.4, 0.5) is 17.6 Å². The summed E-state index contributed by atoms with van der Waals surface area (Å²) < 4.78 is 50.1. The fraction of sp³-hybridized carbons (Fsp3) is 0.455. The molecule has 0 aliphatic carbocycles. The molecule has 0 saturated carbocycles. The number of nitrogens with one attached hydrogen (secondary N) is 2. The SMILES string of the molecule is Fc1cc(CNC2CNC2)ccc1C(F)(F)F. The minimum atomic E-state index is -4.63. The number of rotatable bonds is 3. The quantitative estimate of drug-likeness (QED) is 0.798. The molecule has 2 rings (SSSR count). The molecule has 2 nitrogen and oxygen atoms in total. The Labute approximate surface area is 96.0 Å². The molecule has 0 atom stereocenters. The maximum Gasteiger partial charge on any atom is 0.419 e. The van der Waals surface area contributed by atoms with E-state index >= 15 is 0 Å². The lowest BCUT2D eigenvalue weighted by Gasteiger charge is -2.28. The first-order valence-electron chi connectivity index (χ1n) is 5.26. The normalized spacial score (nSPS) is 16.9. The maximum absolute atomic E-state index is 13.2. The van der Waals surface area contributed by atoms with E-state index in [-0.39, 0.29) is 0 Å². The van der Waals surface area contributed by atoms with Crippen molar-refractivity contribution in [3.63, 3.8) is 0 Å². The van der Waals surface area contributed by atoms with E-state index in [0.29, 0.717) is 18.2 Å². The van der Waals surface area contributed by atoms with Crippen molar-refractivity contribution in [2.45, 2.75) is 18.8 Å². The Morgan fingerprint density at radius 3 is 2.47 bits per heavy atom. The summed E-state index contributed by atoms with van der Waals surface area (Å²) in [5.41, 5.74) is -0.700. The van der Waals surface area contributed by atoms with Crippen molar-refractivity contribution in [2.75, 3.05) is 13.1 Å². The Hall–Kier alpha value is -1.14. The van der Waals surface area contributed by atoms with E-state index in [9.17, 15) is 17.6 Å². The third-order valence-corrected chi connectivity index (χ3v) is 2.72. The molecule has 1 aromatic carbocycles. The van der Waals surface area contributed by atoms with Gasteiger partial charge in [-0.1, -0.05) is 6.07 Å². The molecule has 0 unspecified atom stereocenters. The van der Waals surface area contributed by atoms with Gasteiger partial charge in [0.05, 0.1) is 5.56 Å². The highest BCUT2D eigenvalue weighted by atomic mass is 19.4. The number of benzene rings is 1. The van der Waals surface area contributed by atoms with Crippen LogP contribution in [0.5, 0.6) is 0 Å². The van der Waals surface area contributed by atoms with Crippen LogP contribution in [-0.2, 0) is 12.7 Å². The van der Waals surface area contributed by atoms with Crippen LogP contribution in [0.15, 0.2) is 18.2 Å².